The minimum Gasteiger partial charge on any atom is -0.391 e. The van der Waals surface area contributed by atoms with Crippen LogP contribution in [0.5, 0.6) is 0 Å². The van der Waals surface area contributed by atoms with Crippen LogP contribution < -0.4 is 0 Å². The van der Waals surface area contributed by atoms with E-state index in [0.29, 0.717) is 0 Å². The van der Waals surface area contributed by atoms with E-state index in [9.17, 15) is 9.90 Å². The third-order valence-corrected chi connectivity index (χ3v) is 4.10. The Labute approximate surface area is 95.3 Å². The van der Waals surface area contributed by atoms with Crippen LogP contribution in [0.25, 0.3) is 0 Å². The summed E-state index contributed by atoms with van der Waals surface area (Å²) in [5.74, 6) is 0.188. The molecule has 0 saturated heterocycles. The Kier molecular flexibility index (Phi) is 2.46. The lowest BCUT2D eigenvalue weighted by Gasteiger charge is -2.32. The molecule has 0 spiro atoms. The number of hydrazone groups is 1. The molecule has 3 unspecified atom stereocenters. The molecule has 1 heterocycles. The number of hydrogen-bond donors (Lipinski definition) is 1. The first-order chi connectivity index (χ1) is 7.77. The lowest BCUT2D eigenvalue weighted by atomic mass is 9.92. The summed E-state index contributed by atoms with van der Waals surface area (Å²) >= 11 is 0. The number of nitrogens with zero attached hydrogens (tertiary/aromatic N) is 2. The Hall–Kier alpha value is -0.900. The average Bonchev–Trinajstić information content (AvgIpc) is 2.83. The number of aliphatic hydroxyl groups is 1. The van der Waals surface area contributed by atoms with E-state index in [-0.39, 0.29) is 24.0 Å². The maximum absolute atomic E-state index is 12.1. The summed E-state index contributed by atoms with van der Waals surface area (Å²) in [4.78, 5) is 12.1. The van der Waals surface area contributed by atoms with E-state index in [2.05, 4.69) is 5.10 Å². The molecule has 0 radical (unpaired) electrons. The quantitative estimate of drug-likeness (QED) is 0.726. The van der Waals surface area contributed by atoms with Crippen LogP contribution in [0.3, 0.4) is 0 Å². The van der Waals surface area contributed by atoms with E-state index in [4.69, 9.17) is 0 Å². The molecule has 3 aliphatic rings. The Morgan fingerprint density at radius 1 is 1.19 bits per heavy atom. The van der Waals surface area contributed by atoms with Crippen molar-refractivity contribution < 1.29 is 9.90 Å². The predicted octanol–water partition coefficient (Wildman–Crippen LogP) is 1.29. The maximum atomic E-state index is 12.1. The summed E-state index contributed by atoms with van der Waals surface area (Å²) in [6.07, 6.45) is 6.52. The van der Waals surface area contributed by atoms with Gasteiger partial charge in [0.15, 0.2) is 0 Å². The van der Waals surface area contributed by atoms with Crippen molar-refractivity contribution in [2.24, 2.45) is 11.0 Å². The van der Waals surface area contributed by atoms with Gasteiger partial charge in [-0.05, 0) is 32.1 Å². The van der Waals surface area contributed by atoms with E-state index in [1.54, 1.807) is 5.01 Å². The van der Waals surface area contributed by atoms with Crippen molar-refractivity contribution in [3.05, 3.63) is 0 Å². The van der Waals surface area contributed by atoms with Crippen LogP contribution in [-0.4, -0.2) is 33.9 Å². The van der Waals surface area contributed by atoms with Crippen molar-refractivity contribution in [1.82, 2.24) is 5.01 Å². The molecule has 0 aromatic carbocycles. The molecule has 2 fully saturated rings. The highest BCUT2D eigenvalue weighted by Crippen LogP contribution is 2.34. The number of hydrogen-bond acceptors (Lipinski definition) is 3. The summed E-state index contributed by atoms with van der Waals surface area (Å²) in [5.41, 5.74) is 1.06. The van der Waals surface area contributed by atoms with Gasteiger partial charge in [0.1, 0.15) is 0 Å². The molecule has 1 N–H and O–H groups in total. The highest BCUT2D eigenvalue weighted by molar-refractivity contribution is 6.09. The maximum Gasteiger partial charge on any atom is 0.251 e. The van der Waals surface area contributed by atoms with Gasteiger partial charge in [-0.15, -0.1) is 0 Å². The third kappa shape index (κ3) is 1.47. The van der Waals surface area contributed by atoms with E-state index in [1.807, 2.05) is 0 Å². The first kappa shape index (κ1) is 10.3. The Morgan fingerprint density at radius 2 is 2.00 bits per heavy atom. The molecule has 0 aromatic rings. The molecule has 16 heavy (non-hydrogen) atoms. The van der Waals surface area contributed by atoms with Crippen molar-refractivity contribution in [2.45, 2.75) is 57.1 Å². The first-order valence-corrected chi connectivity index (χ1v) is 6.36. The fourth-order valence-corrected chi connectivity index (χ4v) is 3.18. The van der Waals surface area contributed by atoms with Gasteiger partial charge in [-0.25, -0.2) is 5.01 Å². The van der Waals surface area contributed by atoms with E-state index in [0.717, 1.165) is 50.7 Å². The number of carbonyl (C=O) groups is 1. The monoisotopic (exact) mass is 222 g/mol. The molecule has 0 aromatic heterocycles. The number of fused-ring (bicyclic) bond motifs is 1. The minimum atomic E-state index is -0.374. The van der Waals surface area contributed by atoms with Gasteiger partial charge in [-0.1, -0.05) is 12.8 Å². The van der Waals surface area contributed by atoms with Crippen LogP contribution in [-0.2, 0) is 4.79 Å². The zero-order valence-corrected chi connectivity index (χ0v) is 9.43. The molecule has 1 aliphatic heterocycles. The molecule has 88 valence electrons. The van der Waals surface area contributed by atoms with Gasteiger partial charge in [0.05, 0.1) is 23.8 Å². The normalized spacial score (nSPS) is 38.8. The molecule has 3 atom stereocenters. The molecule has 2 saturated carbocycles. The van der Waals surface area contributed by atoms with Gasteiger partial charge in [-0.3, -0.25) is 4.79 Å². The van der Waals surface area contributed by atoms with Crippen LogP contribution in [0.15, 0.2) is 5.10 Å². The molecular formula is C12H18N2O2. The van der Waals surface area contributed by atoms with Crippen LogP contribution in [0, 0.1) is 5.92 Å². The van der Waals surface area contributed by atoms with Crippen LogP contribution in [0.4, 0.5) is 0 Å². The number of carbonyl (C=O) groups excluding carboxylic acids is 1. The van der Waals surface area contributed by atoms with Gasteiger partial charge < -0.3 is 5.11 Å². The highest BCUT2D eigenvalue weighted by atomic mass is 16.3. The van der Waals surface area contributed by atoms with Gasteiger partial charge in [0.2, 0.25) is 0 Å². The fourth-order valence-electron chi connectivity index (χ4n) is 3.18. The van der Waals surface area contributed by atoms with Gasteiger partial charge >= 0.3 is 0 Å². The van der Waals surface area contributed by atoms with Crippen molar-refractivity contribution >= 4 is 11.6 Å². The topological polar surface area (TPSA) is 52.9 Å². The minimum absolute atomic E-state index is 0.0501. The summed E-state index contributed by atoms with van der Waals surface area (Å²) in [6.45, 7) is 0. The molecule has 0 bridgehead atoms. The zero-order chi connectivity index (χ0) is 11.1. The number of aliphatic hydroxyl groups excluding tert-OH is 1. The summed E-state index contributed by atoms with van der Waals surface area (Å²) in [7, 11) is 0. The molecule has 3 rings (SSSR count). The molecule has 1 amide bonds. The lowest BCUT2D eigenvalue weighted by Crippen LogP contribution is -2.45. The number of rotatable bonds is 1. The zero-order valence-electron chi connectivity index (χ0n) is 9.43. The molecule has 2 aliphatic carbocycles. The smallest absolute Gasteiger partial charge is 0.251 e. The Balaban J connectivity index is 1.80. The van der Waals surface area contributed by atoms with E-state index in [1.165, 1.54) is 0 Å². The summed E-state index contributed by atoms with van der Waals surface area (Å²) in [6, 6.07) is -0.0562. The van der Waals surface area contributed by atoms with Gasteiger partial charge in [0, 0.05) is 0 Å². The Morgan fingerprint density at radius 3 is 2.75 bits per heavy atom. The number of amides is 1. The summed E-state index contributed by atoms with van der Waals surface area (Å²) < 4.78 is 0. The van der Waals surface area contributed by atoms with Crippen LogP contribution in [0.2, 0.25) is 0 Å². The fraction of sp³-hybridized carbons (Fsp3) is 0.833. The van der Waals surface area contributed by atoms with Gasteiger partial charge in [0.25, 0.3) is 5.91 Å². The van der Waals surface area contributed by atoms with E-state index >= 15 is 0 Å². The van der Waals surface area contributed by atoms with Crippen molar-refractivity contribution in [3.8, 4) is 0 Å². The second-order valence-corrected chi connectivity index (χ2v) is 5.14. The molecule has 4 nitrogen and oxygen atoms in total. The summed E-state index contributed by atoms with van der Waals surface area (Å²) in [5, 5.41) is 16.0. The average molecular weight is 222 g/mol. The largest absolute Gasteiger partial charge is 0.391 e. The highest BCUT2D eigenvalue weighted by Gasteiger charge is 2.43. The Bertz CT molecular complexity index is 340. The molecular weight excluding hydrogens is 204 g/mol. The first-order valence-electron chi connectivity index (χ1n) is 6.36. The van der Waals surface area contributed by atoms with E-state index < -0.39 is 0 Å². The SMILES string of the molecule is O=C1C2CCCC2=NN1C1CCCCC1O. The van der Waals surface area contributed by atoms with Crippen molar-refractivity contribution in [3.63, 3.8) is 0 Å². The van der Waals surface area contributed by atoms with Crippen molar-refractivity contribution in [1.29, 1.82) is 0 Å². The van der Waals surface area contributed by atoms with Crippen LogP contribution in [0.1, 0.15) is 44.9 Å². The standard InChI is InChI=1S/C12H18N2O2/c15-11-7-2-1-6-10(11)14-12(16)8-4-3-5-9(8)13-14/h8,10-11,15H,1-7H2. The van der Waals surface area contributed by atoms with Crippen molar-refractivity contribution in [2.75, 3.05) is 0 Å². The lowest BCUT2D eigenvalue weighted by molar-refractivity contribution is -0.137. The molecule has 4 heteroatoms. The van der Waals surface area contributed by atoms with Gasteiger partial charge in [-0.2, -0.15) is 5.10 Å². The second-order valence-electron chi connectivity index (χ2n) is 5.14. The second kappa shape index (κ2) is 3.84. The third-order valence-electron chi connectivity index (χ3n) is 4.10. The predicted molar refractivity (Wildman–Crippen MR) is 59.9 cm³/mol. The van der Waals surface area contributed by atoms with Crippen LogP contribution >= 0.6 is 0 Å².